The average Bonchev–Trinajstić information content (AvgIpc) is 3.37. The maximum absolute atomic E-state index is 13.0. The van der Waals surface area contributed by atoms with Crippen molar-refractivity contribution in [3.63, 3.8) is 0 Å². The number of hydrogen-bond donors (Lipinski definition) is 0. The normalized spacial score (nSPS) is 21.2. The van der Waals surface area contributed by atoms with Crippen molar-refractivity contribution in [3.8, 4) is 0 Å². The smallest absolute Gasteiger partial charge is 0.377 e. The van der Waals surface area contributed by atoms with Crippen molar-refractivity contribution in [2.45, 2.75) is 31.5 Å². The first-order valence-corrected chi connectivity index (χ1v) is 11.1. The molecule has 0 bridgehead atoms. The summed E-state index contributed by atoms with van der Waals surface area (Å²) < 4.78 is 46.3. The topological polar surface area (TPSA) is 85.1 Å². The summed E-state index contributed by atoms with van der Waals surface area (Å²) in [6.45, 7) is 4.30. The third-order valence-corrected chi connectivity index (χ3v) is 7.08. The predicted octanol–water partition coefficient (Wildman–Crippen LogP) is 2.70. The van der Waals surface area contributed by atoms with E-state index in [9.17, 15) is 13.2 Å². The summed E-state index contributed by atoms with van der Waals surface area (Å²) in [6.07, 6.45) is 4.03. The van der Waals surface area contributed by atoms with E-state index in [1.165, 1.54) is 6.20 Å². The summed E-state index contributed by atoms with van der Waals surface area (Å²) in [7, 11) is 0. The molecule has 12 heteroatoms. The fraction of sp³-hybridized carbons (Fsp3) is 0.571. The Bertz CT molecular complexity index is 1170. The largest absolute Gasteiger partial charge is 0.434 e. The SMILES string of the molecule is FC(F)(F)c1cncc(N2CCC3(CCN(c4cnc5cnn(C6COC6)c5n4)CC3)C2)n1. The molecule has 0 aliphatic carbocycles. The molecule has 174 valence electrons. The highest BCUT2D eigenvalue weighted by atomic mass is 19.4. The molecule has 3 aromatic heterocycles. The highest BCUT2D eigenvalue weighted by molar-refractivity contribution is 5.71. The van der Waals surface area contributed by atoms with Crippen LogP contribution in [0.2, 0.25) is 0 Å². The summed E-state index contributed by atoms with van der Waals surface area (Å²) >= 11 is 0. The Hall–Kier alpha value is -3.02. The van der Waals surface area contributed by atoms with Gasteiger partial charge in [0.2, 0.25) is 0 Å². The molecule has 0 unspecified atom stereocenters. The summed E-state index contributed by atoms with van der Waals surface area (Å²) in [4.78, 5) is 21.1. The van der Waals surface area contributed by atoms with Crippen LogP contribution in [0, 0.1) is 5.41 Å². The van der Waals surface area contributed by atoms with Crippen molar-refractivity contribution in [3.05, 3.63) is 30.5 Å². The maximum atomic E-state index is 13.0. The van der Waals surface area contributed by atoms with Crippen LogP contribution in [0.25, 0.3) is 11.2 Å². The lowest BCUT2D eigenvalue weighted by Gasteiger charge is -2.39. The second-order valence-corrected chi connectivity index (χ2v) is 9.14. The van der Waals surface area contributed by atoms with E-state index in [1.807, 2.05) is 9.58 Å². The van der Waals surface area contributed by atoms with Gasteiger partial charge in [0.05, 0.1) is 38.0 Å². The quantitative estimate of drug-likeness (QED) is 0.590. The Morgan fingerprint density at radius 2 is 1.64 bits per heavy atom. The minimum absolute atomic E-state index is 0.0645. The number of halogens is 3. The van der Waals surface area contributed by atoms with Gasteiger partial charge in [0.15, 0.2) is 11.3 Å². The molecule has 0 radical (unpaired) electrons. The van der Waals surface area contributed by atoms with E-state index in [4.69, 9.17) is 9.72 Å². The molecule has 0 saturated carbocycles. The summed E-state index contributed by atoms with van der Waals surface area (Å²) in [5, 5.41) is 4.43. The zero-order chi connectivity index (χ0) is 22.6. The van der Waals surface area contributed by atoms with Gasteiger partial charge in [0, 0.05) is 26.2 Å². The van der Waals surface area contributed by atoms with Crippen LogP contribution in [-0.2, 0) is 10.9 Å². The molecule has 6 heterocycles. The van der Waals surface area contributed by atoms with E-state index in [2.05, 4.69) is 25.0 Å². The van der Waals surface area contributed by atoms with Crippen molar-refractivity contribution in [2.24, 2.45) is 5.41 Å². The number of piperidine rings is 1. The Balaban J connectivity index is 1.15. The molecule has 1 spiro atoms. The summed E-state index contributed by atoms with van der Waals surface area (Å²) in [5.74, 6) is 1.13. The number of rotatable bonds is 3. The number of nitrogens with zero attached hydrogens (tertiary/aromatic N) is 8. The number of alkyl halides is 3. The lowest BCUT2D eigenvalue weighted by atomic mass is 9.78. The van der Waals surface area contributed by atoms with Gasteiger partial charge in [-0.15, -0.1) is 0 Å². The van der Waals surface area contributed by atoms with Crippen LogP contribution in [0.5, 0.6) is 0 Å². The van der Waals surface area contributed by atoms with Crippen molar-refractivity contribution in [1.29, 1.82) is 0 Å². The minimum atomic E-state index is -4.49. The number of ether oxygens (including phenoxy) is 1. The number of fused-ring (bicyclic) bond motifs is 1. The van der Waals surface area contributed by atoms with Gasteiger partial charge in [-0.1, -0.05) is 0 Å². The standard InChI is InChI=1S/C21H23F3N8O/c22-21(23,24)16-8-25-9-17(28-16)31-6-3-20(13-31)1-4-30(5-2-20)18-10-26-15-7-27-32(19(15)29-18)14-11-33-12-14/h7-10,14H,1-6,11-13H2. The van der Waals surface area contributed by atoms with Gasteiger partial charge in [-0.2, -0.15) is 18.3 Å². The molecule has 6 rings (SSSR count). The van der Waals surface area contributed by atoms with E-state index < -0.39 is 11.9 Å². The van der Waals surface area contributed by atoms with E-state index in [-0.39, 0.29) is 11.5 Å². The molecule has 3 saturated heterocycles. The van der Waals surface area contributed by atoms with Crippen LogP contribution < -0.4 is 9.80 Å². The molecule has 0 N–H and O–H groups in total. The number of aromatic nitrogens is 6. The Morgan fingerprint density at radius 1 is 0.909 bits per heavy atom. The Morgan fingerprint density at radius 3 is 2.33 bits per heavy atom. The average molecular weight is 460 g/mol. The molecular weight excluding hydrogens is 437 g/mol. The van der Waals surface area contributed by atoms with Crippen LogP contribution in [0.4, 0.5) is 24.8 Å². The fourth-order valence-corrected chi connectivity index (χ4v) is 4.99. The Labute approximate surface area is 187 Å². The monoisotopic (exact) mass is 460 g/mol. The third kappa shape index (κ3) is 3.65. The predicted molar refractivity (Wildman–Crippen MR) is 113 cm³/mol. The van der Waals surface area contributed by atoms with Crippen LogP contribution in [-0.4, -0.2) is 69.1 Å². The molecule has 0 atom stereocenters. The van der Waals surface area contributed by atoms with Crippen molar-refractivity contribution >= 4 is 22.8 Å². The summed E-state index contributed by atoms with van der Waals surface area (Å²) in [6, 6.07) is 0.208. The van der Waals surface area contributed by atoms with E-state index in [0.717, 1.165) is 55.5 Å². The molecular formula is C21H23F3N8O. The number of hydrogen-bond acceptors (Lipinski definition) is 8. The van der Waals surface area contributed by atoms with Crippen molar-refractivity contribution in [1.82, 2.24) is 29.7 Å². The van der Waals surface area contributed by atoms with E-state index in [0.29, 0.717) is 32.1 Å². The van der Waals surface area contributed by atoms with Crippen LogP contribution >= 0.6 is 0 Å². The van der Waals surface area contributed by atoms with Gasteiger partial charge in [0.25, 0.3) is 0 Å². The first-order chi connectivity index (χ1) is 15.9. The van der Waals surface area contributed by atoms with Gasteiger partial charge in [-0.3, -0.25) is 4.98 Å². The molecule has 3 aliphatic heterocycles. The van der Waals surface area contributed by atoms with Gasteiger partial charge < -0.3 is 14.5 Å². The molecule has 0 amide bonds. The number of anilines is 2. The molecule has 33 heavy (non-hydrogen) atoms. The molecule has 9 nitrogen and oxygen atoms in total. The van der Waals surface area contributed by atoms with Crippen LogP contribution in [0.15, 0.2) is 24.8 Å². The minimum Gasteiger partial charge on any atom is -0.377 e. The van der Waals surface area contributed by atoms with Gasteiger partial charge in [-0.05, 0) is 24.7 Å². The van der Waals surface area contributed by atoms with Crippen LogP contribution in [0.1, 0.15) is 31.0 Å². The van der Waals surface area contributed by atoms with Gasteiger partial charge in [0.1, 0.15) is 23.2 Å². The highest BCUT2D eigenvalue weighted by Crippen LogP contribution is 2.42. The second kappa shape index (κ2) is 7.51. The molecule has 3 aliphatic rings. The second-order valence-electron chi connectivity index (χ2n) is 9.14. The van der Waals surface area contributed by atoms with Crippen LogP contribution in [0.3, 0.4) is 0 Å². The zero-order valence-corrected chi connectivity index (χ0v) is 17.9. The van der Waals surface area contributed by atoms with Gasteiger partial charge >= 0.3 is 6.18 Å². The molecule has 0 aromatic carbocycles. The van der Waals surface area contributed by atoms with Crippen molar-refractivity contribution < 1.29 is 17.9 Å². The maximum Gasteiger partial charge on any atom is 0.434 e. The Kier molecular flexibility index (Phi) is 4.68. The van der Waals surface area contributed by atoms with E-state index >= 15 is 0 Å². The first kappa shape index (κ1) is 20.6. The lowest BCUT2D eigenvalue weighted by molar-refractivity contribution is -0.141. The van der Waals surface area contributed by atoms with Gasteiger partial charge in [-0.25, -0.2) is 19.6 Å². The molecule has 3 fully saturated rings. The fourth-order valence-electron chi connectivity index (χ4n) is 4.99. The highest BCUT2D eigenvalue weighted by Gasteiger charge is 2.42. The van der Waals surface area contributed by atoms with Crippen molar-refractivity contribution in [2.75, 3.05) is 49.2 Å². The zero-order valence-electron chi connectivity index (χ0n) is 17.9. The first-order valence-electron chi connectivity index (χ1n) is 11.1. The molecule has 3 aromatic rings. The lowest BCUT2D eigenvalue weighted by Crippen LogP contribution is -2.42. The third-order valence-electron chi connectivity index (χ3n) is 7.08. The summed E-state index contributed by atoms with van der Waals surface area (Å²) in [5.41, 5.74) is 0.663. The van der Waals surface area contributed by atoms with E-state index in [1.54, 1.807) is 12.4 Å².